The maximum atomic E-state index is 12.8. The zero-order valence-corrected chi connectivity index (χ0v) is 18.0. The van der Waals surface area contributed by atoms with E-state index in [0.717, 1.165) is 0 Å². The number of aromatic amines is 1. The van der Waals surface area contributed by atoms with E-state index in [0.29, 0.717) is 28.9 Å². The Labute approximate surface area is 164 Å². The van der Waals surface area contributed by atoms with Crippen molar-refractivity contribution in [2.45, 2.75) is 71.6 Å². The molecular weight excluding hydrogens is 343 g/mol. The minimum Gasteiger partial charge on any atom is -0.282 e. The van der Waals surface area contributed by atoms with Gasteiger partial charge in [0.05, 0.1) is 18.3 Å². The van der Waals surface area contributed by atoms with Crippen molar-refractivity contribution < 1.29 is 3.89 Å². The van der Waals surface area contributed by atoms with Crippen molar-refractivity contribution in [2.24, 2.45) is 5.92 Å². The highest BCUT2D eigenvalue weighted by atomic mass is 32.2. The maximum absolute atomic E-state index is 12.8. The summed E-state index contributed by atoms with van der Waals surface area (Å²) in [7, 11) is 0. The third-order valence-corrected chi connectivity index (χ3v) is 4.54. The zero-order chi connectivity index (χ0) is 19.9. The Morgan fingerprint density at radius 1 is 1.27 bits per heavy atom. The number of allylic oxidation sites excluding steroid dienone is 1. The second-order valence-corrected chi connectivity index (χ2v) is 6.32. The minimum absolute atomic E-state index is 0.313. The zero-order valence-electron chi connectivity index (χ0n) is 17.2. The summed E-state index contributed by atoms with van der Waals surface area (Å²) in [5.74, 6) is 0.974. The molecule has 1 N–H and O–H groups in total. The van der Waals surface area contributed by atoms with Gasteiger partial charge >= 0.3 is 0 Å². The van der Waals surface area contributed by atoms with Crippen molar-refractivity contribution >= 4 is 12.1 Å². The molecule has 2 nitrogen and oxygen atoms in total. The molecule has 26 heavy (non-hydrogen) atoms. The van der Waals surface area contributed by atoms with Gasteiger partial charge in [-0.05, 0) is 55.9 Å². The summed E-state index contributed by atoms with van der Waals surface area (Å²) in [4.78, 5) is 0.680. The van der Waals surface area contributed by atoms with Crippen molar-refractivity contribution in [2.75, 3.05) is 0 Å². The van der Waals surface area contributed by atoms with Gasteiger partial charge in [0.1, 0.15) is 0 Å². The second kappa shape index (κ2) is 14.6. The summed E-state index contributed by atoms with van der Waals surface area (Å²) >= 11 is 0.313. The number of rotatable bonds is 4. The summed E-state index contributed by atoms with van der Waals surface area (Å²) in [5.41, 5.74) is 3.57. The molecule has 3 rings (SSSR count). The van der Waals surface area contributed by atoms with Crippen molar-refractivity contribution in [3.63, 3.8) is 0 Å². The van der Waals surface area contributed by atoms with Crippen LogP contribution in [0.2, 0.25) is 0 Å². The van der Waals surface area contributed by atoms with Crippen LogP contribution in [0.4, 0.5) is 3.89 Å². The van der Waals surface area contributed by atoms with E-state index in [1.165, 1.54) is 36.1 Å². The van der Waals surface area contributed by atoms with Crippen LogP contribution in [-0.2, 0) is 0 Å². The quantitative estimate of drug-likeness (QED) is 0.548. The van der Waals surface area contributed by atoms with E-state index < -0.39 is 0 Å². The molecule has 1 unspecified atom stereocenters. The molecule has 1 saturated carbocycles. The van der Waals surface area contributed by atoms with Gasteiger partial charge in [-0.3, -0.25) is 5.10 Å². The van der Waals surface area contributed by atoms with E-state index in [-0.39, 0.29) is 0 Å². The number of aryl methyl sites for hydroxylation is 1. The van der Waals surface area contributed by atoms with Gasteiger partial charge in [0, 0.05) is 16.5 Å². The Balaban J connectivity index is 0.000000793. The number of aromatic nitrogens is 2. The summed E-state index contributed by atoms with van der Waals surface area (Å²) in [6, 6.07) is 7.82. The van der Waals surface area contributed by atoms with Crippen molar-refractivity contribution in [1.82, 2.24) is 10.2 Å². The molecule has 0 radical (unpaired) electrons. The van der Waals surface area contributed by atoms with Gasteiger partial charge in [-0.25, -0.2) is 0 Å². The lowest BCUT2D eigenvalue weighted by Gasteiger charge is -2.34. The van der Waals surface area contributed by atoms with Crippen molar-refractivity contribution in [1.29, 1.82) is 0 Å². The molecular formula is C22H35FN2S. The van der Waals surface area contributed by atoms with Gasteiger partial charge in [-0.2, -0.15) is 8.98 Å². The molecule has 0 bridgehead atoms. The van der Waals surface area contributed by atoms with Crippen LogP contribution in [0.3, 0.4) is 0 Å². The highest BCUT2D eigenvalue weighted by Crippen LogP contribution is 2.44. The third-order valence-electron chi connectivity index (χ3n) is 4.11. The van der Waals surface area contributed by atoms with E-state index in [1.54, 1.807) is 6.08 Å². The van der Waals surface area contributed by atoms with Crippen LogP contribution in [0.5, 0.6) is 0 Å². The van der Waals surface area contributed by atoms with E-state index in [4.69, 9.17) is 0 Å². The molecule has 1 fully saturated rings. The molecule has 1 aliphatic rings. The second-order valence-electron chi connectivity index (χ2n) is 5.69. The van der Waals surface area contributed by atoms with Crippen LogP contribution in [0.15, 0.2) is 48.0 Å². The number of H-pyrrole nitrogens is 1. The van der Waals surface area contributed by atoms with Gasteiger partial charge in [0.2, 0.25) is 0 Å². The molecule has 4 heteroatoms. The summed E-state index contributed by atoms with van der Waals surface area (Å²) < 4.78 is 12.8. The maximum Gasteiger partial charge on any atom is 0.0812 e. The average Bonchev–Trinajstić information content (AvgIpc) is 3.07. The molecule has 0 aliphatic heterocycles. The van der Waals surface area contributed by atoms with Crippen LogP contribution >= 0.6 is 12.1 Å². The topological polar surface area (TPSA) is 28.7 Å². The Morgan fingerprint density at radius 3 is 2.31 bits per heavy atom. The molecule has 1 heterocycles. The molecule has 1 aromatic carbocycles. The highest BCUT2D eigenvalue weighted by molar-refractivity contribution is 7.94. The SMILES string of the molecule is C=CC.CC.CC.Cc1cn[nH]c1C(c1cccc(SF)c1)C1CCC1. The number of nitrogens with zero attached hydrogens (tertiary/aromatic N) is 1. The summed E-state index contributed by atoms with van der Waals surface area (Å²) in [6.45, 7) is 15.3. The number of hydrogen-bond acceptors (Lipinski definition) is 2. The third kappa shape index (κ3) is 6.99. The first-order chi connectivity index (χ1) is 12.7. The number of halogens is 1. The Morgan fingerprint density at radius 2 is 1.88 bits per heavy atom. The lowest BCUT2D eigenvalue weighted by Crippen LogP contribution is -2.22. The van der Waals surface area contributed by atoms with Gasteiger partial charge in [-0.15, -0.1) is 6.58 Å². The first-order valence-corrected chi connectivity index (χ1v) is 10.4. The molecule has 1 atom stereocenters. The molecule has 1 aliphatic carbocycles. The summed E-state index contributed by atoms with van der Waals surface area (Å²) in [6.07, 6.45) is 7.41. The first kappa shape index (κ1) is 24.5. The van der Waals surface area contributed by atoms with Crippen LogP contribution in [-0.4, -0.2) is 10.2 Å². The predicted octanol–water partition coefficient (Wildman–Crippen LogP) is 7.87. The van der Waals surface area contributed by atoms with Crippen molar-refractivity contribution in [3.8, 4) is 0 Å². The number of hydrogen-bond donors (Lipinski definition) is 1. The van der Waals surface area contributed by atoms with Crippen molar-refractivity contribution in [3.05, 3.63) is 59.9 Å². The first-order valence-electron chi connectivity index (χ1n) is 9.66. The fraction of sp³-hybridized carbons (Fsp3) is 0.500. The van der Waals surface area contributed by atoms with E-state index in [1.807, 2.05) is 59.0 Å². The van der Waals surface area contributed by atoms with Gasteiger partial charge in [0.25, 0.3) is 0 Å². The largest absolute Gasteiger partial charge is 0.282 e. The molecule has 0 spiro atoms. The number of benzene rings is 1. The summed E-state index contributed by atoms with van der Waals surface area (Å²) in [5, 5.41) is 7.29. The standard InChI is InChI=1S/C15H17FN2S.C3H6.2C2H6/c1-10-9-17-18-15(10)14(11-4-2-5-11)12-6-3-7-13(8-12)19-16;1-3-2;2*1-2/h3,6-9,11,14H,2,4-5H2,1H3,(H,17,18);3H,1H2,2H3;2*1-2H3. The Hall–Kier alpha value is -1.55. The van der Waals surface area contributed by atoms with Gasteiger partial charge in [0.15, 0.2) is 0 Å². The fourth-order valence-electron chi connectivity index (χ4n) is 2.87. The average molecular weight is 379 g/mol. The Kier molecular flexibility index (Phi) is 13.7. The molecule has 2 aromatic rings. The number of nitrogens with one attached hydrogen (secondary N) is 1. The molecule has 0 saturated heterocycles. The van der Waals surface area contributed by atoms with E-state index in [9.17, 15) is 3.89 Å². The highest BCUT2D eigenvalue weighted by Gasteiger charge is 2.31. The smallest absolute Gasteiger partial charge is 0.0812 e. The normalized spacial score (nSPS) is 13.5. The van der Waals surface area contributed by atoms with Crippen LogP contribution in [0.25, 0.3) is 0 Å². The van der Waals surface area contributed by atoms with Crippen LogP contribution < -0.4 is 0 Å². The van der Waals surface area contributed by atoms with Gasteiger partial charge < -0.3 is 0 Å². The lowest BCUT2D eigenvalue weighted by atomic mass is 9.71. The van der Waals surface area contributed by atoms with E-state index >= 15 is 0 Å². The van der Waals surface area contributed by atoms with Crippen LogP contribution in [0, 0.1) is 12.8 Å². The molecule has 1 aromatic heterocycles. The fourth-order valence-corrected chi connectivity index (χ4v) is 3.19. The molecule has 0 amide bonds. The molecule has 146 valence electrons. The minimum atomic E-state index is 0.313. The lowest BCUT2D eigenvalue weighted by molar-refractivity contribution is 0.280. The Bertz CT molecular complexity index is 606. The monoisotopic (exact) mass is 378 g/mol. The van der Waals surface area contributed by atoms with Crippen LogP contribution in [0.1, 0.15) is 76.6 Å². The van der Waals surface area contributed by atoms with E-state index in [2.05, 4.69) is 29.8 Å². The van der Waals surface area contributed by atoms with Gasteiger partial charge in [-0.1, -0.05) is 52.3 Å². The predicted molar refractivity (Wildman–Crippen MR) is 114 cm³/mol.